The first-order valence-electron chi connectivity index (χ1n) is 6.21. The summed E-state index contributed by atoms with van der Waals surface area (Å²) in [6, 6.07) is 9.01. The van der Waals surface area contributed by atoms with Crippen molar-refractivity contribution in [3.05, 3.63) is 77.7 Å². The Hall–Kier alpha value is -3.08. The van der Waals surface area contributed by atoms with Crippen LogP contribution >= 0.6 is 0 Å². The molecule has 0 saturated carbocycles. The Bertz CT molecular complexity index is 1160. The van der Waals surface area contributed by atoms with Gasteiger partial charge >= 0.3 is 11.3 Å². The molecule has 0 aliphatic carbocycles. The summed E-state index contributed by atoms with van der Waals surface area (Å²) >= 11 is 0. The summed E-state index contributed by atoms with van der Waals surface area (Å²) in [7, 11) is 0. The van der Waals surface area contributed by atoms with Crippen molar-refractivity contribution in [2.45, 2.75) is 0 Å². The molecule has 0 spiro atoms. The van der Waals surface area contributed by atoms with Gasteiger partial charge in [-0.1, -0.05) is 24.3 Å². The molecule has 0 amide bonds. The molecule has 1 aromatic heterocycles. The standard InChI is InChI=1S/C16H6O5/c17-13-7-3-1-2-4-8(7)14(18)10-6-12-11(5-9(10)13)15(19)21-16(12)20/h1-6H. The fraction of sp³-hybridized carbons (Fsp3) is 0. The van der Waals surface area contributed by atoms with Crippen molar-refractivity contribution >= 4 is 32.3 Å². The molecular formula is C16H6O5. The maximum atomic E-state index is 12.5. The minimum absolute atomic E-state index is 0.0271. The summed E-state index contributed by atoms with van der Waals surface area (Å²) in [5.41, 5.74) is -2.26. The summed E-state index contributed by atoms with van der Waals surface area (Å²) in [5, 5.41) is 0.909. The maximum absolute atomic E-state index is 12.5. The third kappa shape index (κ3) is 1.40. The average molecular weight is 278 g/mol. The SMILES string of the molecule is O=c1oc(=O)c2cc3c(=O)c4ccccc4c(=O)c3cc12. The highest BCUT2D eigenvalue weighted by atomic mass is 16.4. The second kappa shape index (κ2) is 3.73. The van der Waals surface area contributed by atoms with Crippen LogP contribution in [0.1, 0.15) is 0 Å². The normalized spacial score (nSPS) is 11.6. The van der Waals surface area contributed by atoms with Crippen LogP contribution in [0.3, 0.4) is 0 Å². The van der Waals surface area contributed by atoms with E-state index >= 15 is 0 Å². The quantitative estimate of drug-likeness (QED) is 0.449. The van der Waals surface area contributed by atoms with Crippen LogP contribution in [-0.4, -0.2) is 0 Å². The van der Waals surface area contributed by atoms with Gasteiger partial charge in [0.2, 0.25) is 0 Å². The zero-order valence-corrected chi connectivity index (χ0v) is 10.5. The lowest BCUT2D eigenvalue weighted by atomic mass is 10.0. The zero-order chi connectivity index (χ0) is 14.7. The van der Waals surface area contributed by atoms with E-state index in [1.54, 1.807) is 24.3 Å². The van der Waals surface area contributed by atoms with E-state index in [1.165, 1.54) is 12.1 Å². The third-order valence-electron chi connectivity index (χ3n) is 3.69. The third-order valence-corrected chi connectivity index (χ3v) is 3.69. The van der Waals surface area contributed by atoms with Crippen LogP contribution in [0.25, 0.3) is 32.3 Å². The van der Waals surface area contributed by atoms with Gasteiger partial charge in [0, 0.05) is 21.5 Å². The number of hydrogen-bond acceptors (Lipinski definition) is 5. The van der Waals surface area contributed by atoms with Gasteiger partial charge < -0.3 is 4.42 Å². The lowest BCUT2D eigenvalue weighted by Crippen LogP contribution is -2.13. The Labute approximate surface area is 115 Å². The van der Waals surface area contributed by atoms with Crippen LogP contribution in [0.2, 0.25) is 0 Å². The number of furan rings is 1. The first-order valence-corrected chi connectivity index (χ1v) is 6.21. The maximum Gasteiger partial charge on any atom is 0.346 e. The fourth-order valence-corrected chi connectivity index (χ4v) is 2.68. The van der Waals surface area contributed by atoms with E-state index in [9.17, 15) is 19.2 Å². The summed E-state index contributed by atoms with van der Waals surface area (Å²) in [4.78, 5) is 48.0. The molecular weight excluding hydrogens is 272 g/mol. The van der Waals surface area contributed by atoms with Crippen molar-refractivity contribution in [2.75, 3.05) is 0 Å². The summed E-state index contributed by atoms with van der Waals surface area (Å²) in [6.45, 7) is 0. The Morgan fingerprint density at radius 1 is 0.571 bits per heavy atom. The highest BCUT2D eigenvalue weighted by Crippen LogP contribution is 2.17. The minimum Gasteiger partial charge on any atom is -0.386 e. The van der Waals surface area contributed by atoms with Crippen LogP contribution in [0, 0.1) is 0 Å². The molecule has 0 fully saturated rings. The van der Waals surface area contributed by atoms with Gasteiger partial charge in [-0.05, 0) is 12.1 Å². The zero-order valence-electron chi connectivity index (χ0n) is 10.5. The number of benzene rings is 3. The van der Waals surface area contributed by atoms with Crippen molar-refractivity contribution in [1.82, 2.24) is 0 Å². The van der Waals surface area contributed by atoms with E-state index in [1.807, 2.05) is 0 Å². The molecule has 0 atom stereocenters. The number of hydrogen-bond donors (Lipinski definition) is 0. The molecule has 1 heterocycles. The molecule has 21 heavy (non-hydrogen) atoms. The number of fused-ring (bicyclic) bond motifs is 3. The van der Waals surface area contributed by atoms with Gasteiger partial charge in [0.25, 0.3) is 0 Å². The van der Waals surface area contributed by atoms with Gasteiger partial charge in [0.15, 0.2) is 10.9 Å². The van der Waals surface area contributed by atoms with Crippen LogP contribution in [0.4, 0.5) is 0 Å². The first kappa shape index (κ1) is 11.7. The van der Waals surface area contributed by atoms with Crippen LogP contribution in [0.5, 0.6) is 0 Å². The molecule has 5 nitrogen and oxygen atoms in total. The van der Waals surface area contributed by atoms with Crippen molar-refractivity contribution in [1.29, 1.82) is 0 Å². The lowest BCUT2D eigenvalue weighted by molar-refractivity contribution is 0.500. The Morgan fingerprint density at radius 2 is 1.00 bits per heavy atom. The van der Waals surface area contributed by atoms with Crippen LogP contribution < -0.4 is 22.1 Å². The highest BCUT2D eigenvalue weighted by Gasteiger charge is 2.15. The van der Waals surface area contributed by atoms with Crippen molar-refractivity contribution in [3.63, 3.8) is 0 Å². The molecule has 0 N–H and O–H groups in total. The molecule has 0 bridgehead atoms. The van der Waals surface area contributed by atoms with Gasteiger partial charge in [-0.3, -0.25) is 9.59 Å². The van der Waals surface area contributed by atoms with E-state index in [4.69, 9.17) is 0 Å². The Kier molecular flexibility index (Phi) is 2.08. The van der Waals surface area contributed by atoms with Gasteiger partial charge in [-0.15, -0.1) is 0 Å². The smallest absolute Gasteiger partial charge is 0.346 e. The van der Waals surface area contributed by atoms with Gasteiger partial charge in [0.1, 0.15) is 0 Å². The van der Waals surface area contributed by atoms with Crippen molar-refractivity contribution in [3.8, 4) is 0 Å². The molecule has 3 aromatic carbocycles. The minimum atomic E-state index is -0.795. The molecule has 0 saturated heterocycles. The molecule has 0 aliphatic rings. The van der Waals surface area contributed by atoms with E-state index in [0.29, 0.717) is 10.8 Å². The van der Waals surface area contributed by atoms with Crippen LogP contribution in [0.15, 0.2) is 60.0 Å². The van der Waals surface area contributed by atoms with Gasteiger partial charge in [0.05, 0.1) is 10.8 Å². The van der Waals surface area contributed by atoms with Crippen molar-refractivity contribution < 1.29 is 4.42 Å². The van der Waals surface area contributed by atoms with Gasteiger partial charge in [-0.2, -0.15) is 0 Å². The molecule has 100 valence electrons. The molecule has 4 rings (SSSR count). The van der Waals surface area contributed by atoms with E-state index in [2.05, 4.69) is 4.42 Å². The summed E-state index contributed by atoms with van der Waals surface area (Å²) in [6.07, 6.45) is 0. The van der Waals surface area contributed by atoms with Crippen molar-refractivity contribution in [2.24, 2.45) is 0 Å². The predicted octanol–water partition coefficient (Wildman–Crippen LogP) is 1.06. The van der Waals surface area contributed by atoms with E-state index in [-0.39, 0.29) is 32.4 Å². The largest absolute Gasteiger partial charge is 0.386 e. The lowest BCUT2D eigenvalue weighted by Gasteiger charge is -2.00. The first-order chi connectivity index (χ1) is 10.1. The molecule has 0 aliphatic heterocycles. The Morgan fingerprint density at radius 3 is 1.43 bits per heavy atom. The molecule has 4 aromatic rings. The molecule has 0 unspecified atom stereocenters. The summed E-state index contributed by atoms with van der Waals surface area (Å²) in [5.74, 6) is 0. The average Bonchev–Trinajstić information content (AvgIpc) is 2.78. The number of rotatable bonds is 0. The second-order valence-corrected chi connectivity index (χ2v) is 4.82. The highest BCUT2D eigenvalue weighted by molar-refractivity contribution is 6.03. The van der Waals surface area contributed by atoms with E-state index in [0.717, 1.165) is 0 Å². The second-order valence-electron chi connectivity index (χ2n) is 4.82. The topological polar surface area (TPSA) is 81.4 Å². The monoisotopic (exact) mass is 278 g/mol. The van der Waals surface area contributed by atoms with Crippen LogP contribution in [-0.2, 0) is 0 Å². The molecule has 5 heteroatoms. The van der Waals surface area contributed by atoms with Gasteiger partial charge in [-0.25, -0.2) is 9.59 Å². The predicted molar refractivity (Wildman–Crippen MR) is 78.7 cm³/mol. The summed E-state index contributed by atoms with van der Waals surface area (Å²) < 4.78 is 4.50. The Balaban J connectivity index is 2.45. The van der Waals surface area contributed by atoms with E-state index < -0.39 is 11.3 Å². The molecule has 0 radical (unpaired) electrons. The fourth-order valence-electron chi connectivity index (χ4n) is 2.68.